The first kappa shape index (κ1) is 10.5. The van der Waals surface area contributed by atoms with Crippen molar-refractivity contribution in [2.45, 2.75) is 51.0 Å². The number of aromatic nitrogens is 2. The van der Waals surface area contributed by atoms with Gasteiger partial charge in [-0.3, -0.25) is 0 Å². The third-order valence-corrected chi connectivity index (χ3v) is 4.44. The average Bonchev–Trinajstić information content (AvgIpc) is 3.05. The summed E-state index contributed by atoms with van der Waals surface area (Å²) in [5.41, 5.74) is 2.74. The molecule has 2 aliphatic carbocycles. The minimum Gasteiger partial charge on any atom is -0.325 e. The Kier molecular flexibility index (Phi) is 2.08. The summed E-state index contributed by atoms with van der Waals surface area (Å²) in [5, 5.41) is 0. The Morgan fingerprint density at radius 3 is 2.61 bits per heavy atom. The first-order valence-electron chi connectivity index (χ1n) is 6.92. The van der Waals surface area contributed by atoms with E-state index in [2.05, 4.69) is 15.6 Å². The third-order valence-electron chi connectivity index (χ3n) is 4.44. The topological polar surface area (TPSA) is 17.8 Å². The number of imidazole rings is 1. The second-order valence-corrected chi connectivity index (χ2v) is 5.76. The van der Waals surface area contributed by atoms with Crippen LogP contribution in [0.4, 0.5) is 4.39 Å². The molecule has 94 valence electrons. The van der Waals surface area contributed by atoms with Crippen molar-refractivity contribution in [1.29, 1.82) is 0 Å². The van der Waals surface area contributed by atoms with E-state index in [1.807, 2.05) is 6.92 Å². The first-order chi connectivity index (χ1) is 8.74. The van der Waals surface area contributed by atoms with Crippen molar-refractivity contribution in [3.63, 3.8) is 0 Å². The normalized spacial score (nSPS) is 20.3. The average molecular weight is 244 g/mol. The molecule has 4 rings (SSSR count). The number of aryl methyl sites for hydroxylation is 1. The van der Waals surface area contributed by atoms with E-state index in [0.717, 1.165) is 11.3 Å². The maximum absolute atomic E-state index is 14.1. The Hall–Kier alpha value is -1.38. The number of nitrogens with zero attached hydrogens (tertiary/aromatic N) is 2. The van der Waals surface area contributed by atoms with Gasteiger partial charge in [-0.25, -0.2) is 9.37 Å². The van der Waals surface area contributed by atoms with Crippen LogP contribution in [0.15, 0.2) is 12.1 Å². The van der Waals surface area contributed by atoms with Crippen LogP contribution in [-0.4, -0.2) is 9.55 Å². The molecule has 3 heteroatoms. The van der Waals surface area contributed by atoms with Crippen LogP contribution in [0.5, 0.6) is 0 Å². The highest BCUT2D eigenvalue weighted by atomic mass is 19.1. The van der Waals surface area contributed by atoms with Crippen molar-refractivity contribution in [3.8, 4) is 0 Å². The van der Waals surface area contributed by atoms with E-state index in [9.17, 15) is 4.39 Å². The molecule has 0 saturated heterocycles. The van der Waals surface area contributed by atoms with E-state index >= 15 is 0 Å². The molecular weight excluding hydrogens is 227 g/mol. The highest BCUT2D eigenvalue weighted by Gasteiger charge is 2.28. The fraction of sp³-hybridized carbons (Fsp3) is 0.533. The molecule has 0 aliphatic heterocycles. The molecule has 1 aromatic carbocycles. The smallest absolute Gasteiger partial charge is 0.151 e. The van der Waals surface area contributed by atoms with Gasteiger partial charge in [-0.05, 0) is 62.6 Å². The van der Waals surface area contributed by atoms with E-state index in [0.29, 0.717) is 17.5 Å². The summed E-state index contributed by atoms with van der Waals surface area (Å²) in [6.07, 6.45) is 6.13. The van der Waals surface area contributed by atoms with Gasteiger partial charge in [0, 0.05) is 6.04 Å². The quantitative estimate of drug-likeness (QED) is 0.778. The Morgan fingerprint density at radius 2 is 2.00 bits per heavy atom. The number of fused-ring (bicyclic) bond motifs is 1. The third kappa shape index (κ3) is 1.43. The van der Waals surface area contributed by atoms with Gasteiger partial charge in [-0.1, -0.05) is 0 Å². The molecule has 2 aromatic rings. The molecule has 1 aromatic heterocycles. The van der Waals surface area contributed by atoms with E-state index in [1.54, 1.807) is 6.07 Å². The molecule has 2 aliphatic rings. The van der Waals surface area contributed by atoms with Crippen LogP contribution < -0.4 is 0 Å². The molecule has 0 spiro atoms. The first-order valence-corrected chi connectivity index (χ1v) is 6.92. The summed E-state index contributed by atoms with van der Waals surface area (Å²) in [6.45, 7) is 1.99. The summed E-state index contributed by atoms with van der Waals surface area (Å²) in [7, 11) is 0. The Bertz CT molecular complexity index is 621. The highest BCUT2D eigenvalue weighted by molar-refractivity contribution is 5.78. The van der Waals surface area contributed by atoms with Crippen LogP contribution in [-0.2, 0) is 0 Å². The van der Waals surface area contributed by atoms with Gasteiger partial charge in [0.25, 0.3) is 0 Å². The van der Waals surface area contributed by atoms with Crippen LogP contribution in [0, 0.1) is 12.7 Å². The van der Waals surface area contributed by atoms with Crippen LogP contribution in [0.3, 0.4) is 0 Å². The maximum atomic E-state index is 14.1. The molecule has 0 atom stereocenters. The number of rotatable bonds is 2. The SMILES string of the molecule is Cc1nc2c(F)cc(C3CC3)cc2n1C1CCC1. The minimum absolute atomic E-state index is 0.143. The molecule has 2 saturated carbocycles. The molecule has 0 radical (unpaired) electrons. The molecule has 0 amide bonds. The molecular formula is C15H17FN2. The van der Waals surface area contributed by atoms with Crippen molar-refractivity contribution in [2.24, 2.45) is 0 Å². The zero-order chi connectivity index (χ0) is 12.3. The Labute approximate surface area is 106 Å². The Morgan fingerprint density at radius 1 is 1.22 bits per heavy atom. The largest absolute Gasteiger partial charge is 0.325 e. The molecule has 2 nitrogen and oxygen atoms in total. The molecule has 1 heterocycles. The van der Waals surface area contributed by atoms with E-state index in [4.69, 9.17) is 0 Å². The standard InChI is InChI=1S/C15H17FN2/c1-9-17-15-13(16)7-11(10-5-6-10)8-14(15)18(9)12-3-2-4-12/h7-8,10,12H,2-6H2,1H3. The van der Waals surface area contributed by atoms with Gasteiger partial charge in [0.05, 0.1) is 5.52 Å². The molecule has 18 heavy (non-hydrogen) atoms. The maximum Gasteiger partial charge on any atom is 0.151 e. The van der Waals surface area contributed by atoms with Crippen molar-refractivity contribution in [1.82, 2.24) is 9.55 Å². The summed E-state index contributed by atoms with van der Waals surface area (Å²) in [4.78, 5) is 4.42. The van der Waals surface area contributed by atoms with Gasteiger partial charge < -0.3 is 4.57 Å². The van der Waals surface area contributed by atoms with Gasteiger partial charge in [0.2, 0.25) is 0 Å². The summed E-state index contributed by atoms with van der Waals surface area (Å²) in [6, 6.07) is 4.41. The highest BCUT2D eigenvalue weighted by Crippen LogP contribution is 2.42. The lowest BCUT2D eigenvalue weighted by molar-refractivity contribution is 0.316. The predicted molar refractivity (Wildman–Crippen MR) is 69.3 cm³/mol. The molecule has 0 N–H and O–H groups in total. The van der Waals surface area contributed by atoms with Gasteiger partial charge in [0.15, 0.2) is 5.82 Å². The Balaban J connectivity index is 1.95. The van der Waals surface area contributed by atoms with E-state index in [1.165, 1.54) is 37.7 Å². The van der Waals surface area contributed by atoms with E-state index in [-0.39, 0.29) is 5.82 Å². The number of hydrogen-bond donors (Lipinski definition) is 0. The minimum atomic E-state index is -0.143. The number of halogens is 1. The summed E-state index contributed by atoms with van der Waals surface area (Å²) >= 11 is 0. The zero-order valence-corrected chi connectivity index (χ0v) is 10.6. The lowest BCUT2D eigenvalue weighted by Crippen LogP contribution is -2.18. The summed E-state index contributed by atoms with van der Waals surface area (Å²) in [5.74, 6) is 1.41. The fourth-order valence-corrected chi connectivity index (χ4v) is 3.05. The van der Waals surface area contributed by atoms with Crippen molar-refractivity contribution >= 4 is 11.0 Å². The van der Waals surface area contributed by atoms with Crippen molar-refractivity contribution in [3.05, 3.63) is 29.3 Å². The molecule has 0 unspecified atom stereocenters. The lowest BCUT2D eigenvalue weighted by atomic mass is 9.92. The van der Waals surface area contributed by atoms with Crippen LogP contribution >= 0.6 is 0 Å². The zero-order valence-electron chi connectivity index (χ0n) is 10.6. The van der Waals surface area contributed by atoms with Crippen LogP contribution in [0.2, 0.25) is 0 Å². The predicted octanol–water partition coefficient (Wildman–Crippen LogP) is 4.09. The van der Waals surface area contributed by atoms with Crippen molar-refractivity contribution in [2.75, 3.05) is 0 Å². The molecule has 2 fully saturated rings. The number of benzene rings is 1. The monoisotopic (exact) mass is 244 g/mol. The van der Waals surface area contributed by atoms with Gasteiger partial charge in [-0.15, -0.1) is 0 Å². The lowest BCUT2D eigenvalue weighted by Gasteiger charge is -2.28. The van der Waals surface area contributed by atoms with Gasteiger partial charge >= 0.3 is 0 Å². The second-order valence-electron chi connectivity index (χ2n) is 5.76. The van der Waals surface area contributed by atoms with Crippen LogP contribution in [0.1, 0.15) is 55.5 Å². The summed E-state index contributed by atoms with van der Waals surface area (Å²) < 4.78 is 16.4. The molecule has 0 bridgehead atoms. The number of hydrogen-bond acceptors (Lipinski definition) is 1. The van der Waals surface area contributed by atoms with Crippen molar-refractivity contribution < 1.29 is 4.39 Å². The fourth-order valence-electron chi connectivity index (χ4n) is 3.05. The van der Waals surface area contributed by atoms with Gasteiger partial charge in [-0.2, -0.15) is 0 Å². The van der Waals surface area contributed by atoms with Gasteiger partial charge in [0.1, 0.15) is 11.3 Å². The second kappa shape index (κ2) is 3.56. The van der Waals surface area contributed by atoms with E-state index < -0.39 is 0 Å². The van der Waals surface area contributed by atoms with Crippen LogP contribution in [0.25, 0.3) is 11.0 Å².